The van der Waals surface area contributed by atoms with E-state index in [1.54, 1.807) is 19.2 Å². The topological polar surface area (TPSA) is 93.2 Å². The van der Waals surface area contributed by atoms with Crippen LogP contribution >= 0.6 is 11.6 Å². The predicted octanol–water partition coefficient (Wildman–Crippen LogP) is 3.04. The van der Waals surface area contributed by atoms with Gasteiger partial charge in [0.25, 0.3) is 0 Å². The van der Waals surface area contributed by atoms with E-state index in [1.165, 1.54) is 11.3 Å². The Labute approximate surface area is 175 Å². The summed E-state index contributed by atoms with van der Waals surface area (Å²) >= 11 is 5.92. The van der Waals surface area contributed by atoms with E-state index in [4.69, 9.17) is 16.1 Å². The highest BCUT2D eigenvalue weighted by Gasteiger charge is 2.15. The molecule has 1 atom stereocenters. The third-order valence-corrected chi connectivity index (χ3v) is 5.01. The summed E-state index contributed by atoms with van der Waals surface area (Å²) in [5.41, 5.74) is 4.34. The Balaban J connectivity index is 1.56. The maximum Gasteiger partial charge on any atom is 0.246 e. The first-order chi connectivity index (χ1) is 13.9. The Morgan fingerprint density at radius 3 is 2.62 bits per heavy atom. The summed E-state index contributed by atoms with van der Waals surface area (Å²) in [5.74, 6) is 1.67. The Morgan fingerprint density at radius 1 is 1.28 bits per heavy atom. The highest BCUT2D eigenvalue weighted by Crippen LogP contribution is 2.18. The van der Waals surface area contributed by atoms with Gasteiger partial charge in [0, 0.05) is 36.4 Å². The molecule has 154 valence electrons. The zero-order chi connectivity index (χ0) is 21.0. The number of benzene rings is 1. The second-order valence-corrected chi connectivity index (χ2v) is 7.40. The number of aliphatic imine (C=N–C) groups is 1. The van der Waals surface area contributed by atoms with Crippen molar-refractivity contribution in [3.8, 4) is 11.4 Å². The fraction of sp³-hybridized carbons (Fsp3) is 0.400. The summed E-state index contributed by atoms with van der Waals surface area (Å²) in [5, 5.41) is 15.8. The van der Waals surface area contributed by atoms with Crippen LogP contribution in [0.4, 0.5) is 0 Å². The third kappa shape index (κ3) is 5.14. The van der Waals surface area contributed by atoms with Crippen molar-refractivity contribution < 1.29 is 4.52 Å². The molecule has 1 aromatic carbocycles. The highest BCUT2D eigenvalue weighted by atomic mass is 35.5. The number of aromatic nitrogens is 4. The lowest BCUT2D eigenvalue weighted by molar-refractivity contribution is 0.375. The van der Waals surface area contributed by atoms with E-state index in [0.29, 0.717) is 29.2 Å². The van der Waals surface area contributed by atoms with Gasteiger partial charge in [-0.1, -0.05) is 16.8 Å². The molecule has 0 saturated carbocycles. The van der Waals surface area contributed by atoms with Crippen LogP contribution in [0.3, 0.4) is 0 Å². The van der Waals surface area contributed by atoms with Gasteiger partial charge < -0.3 is 15.2 Å². The van der Waals surface area contributed by atoms with Gasteiger partial charge in [0.2, 0.25) is 11.7 Å². The van der Waals surface area contributed by atoms with Gasteiger partial charge in [-0.15, -0.1) is 0 Å². The van der Waals surface area contributed by atoms with Crippen molar-refractivity contribution in [3.63, 3.8) is 0 Å². The molecule has 8 nitrogen and oxygen atoms in total. The SMILES string of the molecule is CN=C(NCc1nc(-c2ccc(Cl)cc2)no1)NC(C)Cc1c(C)nn(C)c1C. The van der Waals surface area contributed by atoms with Crippen LogP contribution in [0.5, 0.6) is 0 Å². The largest absolute Gasteiger partial charge is 0.354 e. The number of guanidine groups is 1. The van der Waals surface area contributed by atoms with Crippen LogP contribution < -0.4 is 10.6 Å². The van der Waals surface area contributed by atoms with Crippen LogP contribution in [-0.2, 0) is 20.0 Å². The lowest BCUT2D eigenvalue weighted by atomic mass is 10.1. The Morgan fingerprint density at radius 2 is 2.00 bits per heavy atom. The van der Waals surface area contributed by atoms with Crippen molar-refractivity contribution in [2.75, 3.05) is 7.05 Å². The molecule has 0 saturated heterocycles. The molecule has 3 aromatic rings. The van der Waals surface area contributed by atoms with E-state index >= 15 is 0 Å². The average Bonchev–Trinajstić information content (AvgIpc) is 3.26. The van der Waals surface area contributed by atoms with E-state index in [-0.39, 0.29) is 6.04 Å². The minimum atomic E-state index is 0.176. The van der Waals surface area contributed by atoms with Crippen molar-refractivity contribution in [2.24, 2.45) is 12.0 Å². The number of aryl methyl sites for hydroxylation is 2. The lowest BCUT2D eigenvalue weighted by Crippen LogP contribution is -2.42. The van der Waals surface area contributed by atoms with Gasteiger partial charge in [0.15, 0.2) is 5.96 Å². The molecule has 2 aromatic heterocycles. The van der Waals surface area contributed by atoms with E-state index < -0.39 is 0 Å². The Kier molecular flexibility index (Phi) is 6.53. The summed E-state index contributed by atoms with van der Waals surface area (Å²) in [6.07, 6.45) is 0.855. The summed E-state index contributed by atoms with van der Waals surface area (Å²) in [7, 11) is 3.70. The Bertz CT molecular complexity index is 991. The van der Waals surface area contributed by atoms with E-state index in [1.807, 2.05) is 30.8 Å². The van der Waals surface area contributed by atoms with Crippen molar-refractivity contribution in [2.45, 2.75) is 39.8 Å². The molecule has 1 unspecified atom stereocenters. The number of hydrogen-bond donors (Lipinski definition) is 2. The number of rotatable bonds is 6. The zero-order valence-electron chi connectivity index (χ0n) is 17.3. The summed E-state index contributed by atoms with van der Waals surface area (Å²) in [6.45, 7) is 6.61. The molecule has 2 heterocycles. The zero-order valence-corrected chi connectivity index (χ0v) is 18.1. The van der Waals surface area contributed by atoms with E-state index in [9.17, 15) is 0 Å². The van der Waals surface area contributed by atoms with Crippen LogP contribution in [0.25, 0.3) is 11.4 Å². The van der Waals surface area contributed by atoms with Gasteiger partial charge in [-0.25, -0.2) is 0 Å². The predicted molar refractivity (Wildman–Crippen MR) is 114 cm³/mol. The van der Waals surface area contributed by atoms with Gasteiger partial charge in [-0.2, -0.15) is 10.1 Å². The second-order valence-electron chi connectivity index (χ2n) is 6.97. The van der Waals surface area contributed by atoms with Gasteiger partial charge in [0.05, 0.1) is 12.2 Å². The van der Waals surface area contributed by atoms with Crippen LogP contribution in [0.15, 0.2) is 33.8 Å². The molecule has 0 radical (unpaired) electrons. The van der Waals surface area contributed by atoms with Crippen LogP contribution in [0, 0.1) is 13.8 Å². The van der Waals surface area contributed by atoms with Crippen molar-refractivity contribution in [3.05, 3.63) is 52.1 Å². The van der Waals surface area contributed by atoms with Crippen molar-refractivity contribution in [1.82, 2.24) is 30.6 Å². The summed E-state index contributed by atoms with van der Waals surface area (Å²) in [6, 6.07) is 7.48. The van der Waals surface area contributed by atoms with Crippen LogP contribution in [0.1, 0.15) is 29.8 Å². The molecule has 0 aliphatic rings. The van der Waals surface area contributed by atoms with E-state index in [2.05, 4.69) is 44.7 Å². The van der Waals surface area contributed by atoms with Gasteiger partial charge in [0.1, 0.15) is 0 Å². The number of hydrogen-bond acceptors (Lipinski definition) is 5. The molecule has 0 aliphatic heterocycles. The molecule has 2 N–H and O–H groups in total. The molecule has 0 amide bonds. The van der Waals surface area contributed by atoms with Gasteiger partial charge in [-0.3, -0.25) is 9.67 Å². The Hall–Kier alpha value is -2.87. The number of halogens is 1. The molecule has 29 heavy (non-hydrogen) atoms. The maximum atomic E-state index is 5.92. The first-order valence-electron chi connectivity index (χ1n) is 9.42. The fourth-order valence-corrected chi connectivity index (χ4v) is 3.23. The lowest BCUT2D eigenvalue weighted by Gasteiger charge is -2.17. The standard InChI is InChI=1S/C20H26ClN7O/c1-12(10-17-13(2)26-28(5)14(17)3)24-20(22-4)23-11-18-25-19(27-29-18)15-6-8-16(21)9-7-15/h6-9,12H,10-11H2,1-5H3,(H2,22,23,24). The first kappa shape index (κ1) is 20.9. The minimum Gasteiger partial charge on any atom is -0.354 e. The quantitative estimate of drug-likeness (QED) is 0.474. The minimum absolute atomic E-state index is 0.176. The molecule has 0 bridgehead atoms. The number of nitrogens with one attached hydrogen (secondary N) is 2. The van der Waals surface area contributed by atoms with Crippen LogP contribution in [-0.4, -0.2) is 39.0 Å². The van der Waals surface area contributed by atoms with E-state index in [0.717, 1.165) is 17.7 Å². The highest BCUT2D eigenvalue weighted by molar-refractivity contribution is 6.30. The first-order valence-corrected chi connectivity index (χ1v) is 9.80. The van der Waals surface area contributed by atoms with Gasteiger partial charge in [-0.05, 0) is 57.0 Å². The monoisotopic (exact) mass is 415 g/mol. The molecule has 3 rings (SSSR count). The molecule has 0 fully saturated rings. The molecule has 9 heteroatoms. The summed E-state index contributed by atoms with van der Waals surface area (Å²) in [4.78, 5) is 8.69. The smallest absolute Gasteiger partial charge is 0.246 e. The number of nitrogens with zero attached hydrogens (tertiary/aromatic N) is 5. The normalized spacial score (nSPS) is 12.8. The van der Waals surface area contributed by atoms with Crippen molar-refractivity contribution in [1.29, 1.82) is 0 Å². The van der Waals surface area contributed by atoms with Crippen LogP contribution in [0.2, 0.25) is 5.02 Å². The fourth-order valence-electron chi connectivity index (χ4n) is 3.10. The molecule has 0 spiro atoms. The van der Waals surface area contributed by atoms with Crippen molar-refractivity contribution >= 4 is 17.6 Å². The maximum absolute atomic E-state index is 5.92. The van der Waals surface area contributed by atoms with Gasteiger partial charge >= 0.3 is 0 Å². The molecular formula is C20H26ClN7O. The third-order valence-electron chi connectivity index (χ3n) is 4.75. The summed E-state index contributed by atoms with van der Waals surface area (Å²) < 4.78 is 7.24. The second kappa shape index (κ2) is 9.09. The molecule has 0 aliphatic carbocycles. The molecular weight excluding hydrogens is 390 g/mol. The average molecular weight is 416 g/mol.